The molecule has 1 fully saturated rings. The summed E-state index contributed by atoms with van der Waals surface area (Å²) in [6, 6.07) is 3.06. The van der Waals surface area contributed by atoms with Crippen LogP contribution < -0.4 is 10.6 Å². The second kappa shape index (κ2) is 5.85. The first-order chi connectivity index (χ1) is 9.77. The summed E-state index contributed by atoms with van der Waals surface area (Å²) < 4.78 is 38.2. The smallest absolute Gasteiger partial charge is 0.326 e. The molecule has 1 aromatic rings. The van der Waals surface area contributed by atoms with Crippen molar-refractivity contribution in [3.8, 4) is 0 Å². The normalized spacial score (nSPS) is 22.3. The van der Waals surface area contributed by atoms with Crippen molar-refractivity contribution in [1.29, 1.82) is 0 Å². The summed E-state index contributed by atoms with van der Waals surface area (Å²) in [7, 11) is 0. The van der Waals surface area contributed by atoms with E-state index < -0.39 is 17.2 Å². The van der Waals surface area contributed by atoms with Gasteiger partial charge < -0.3 is 10.6 Å². The maximum absolute atomic E-state index is 12.7. The zero-order valence-corrected chi connectivity index (χ0v) is 12.2. The van der Waals surface area contributed by atoms with Crippen molar-refractivity contribution >= 4 is 23.2 Å². The minimum absolute atomic E-state index is 0.0600. The first kappa shape index (κ1) is 16.1. The summed E-state index contributed by atoms with van der Waals surface area (Å²) in [5.41, 5.74) is -1.37. The number of benzene rings is 1. The molecular weight excluding hydrogens is 305 g/mol. The average molecular weight is 321 g/mol. The van der Waals surface area contributed by atoms with Crippen molar-refractivity contribution in [2.24, 2.45) is 5.41 Å². The summed E-state index contributed by atoms with van der Waals surface area (Å²) >= 11 is 5.70. The number of alkyl halides is 3. The molecule has 2 N–H and O–H groups in total. The molecule has 0 aliphatic carbocycles. The molecule has 7 heteroatoms. The number of carbonyl (C=O) groups is 1. The van der Waals surface area contributed by atoms with Gasteiger partial charge in [0.2, 0.25) is 5.91 Å². The third-order valence-electron chi connectivity index (χ3n) is 3.89. The van der Waals surface area contributed by atoms with Crippen molar-refractivity contribution in [1.82, 2.24) is 5.32 Å². The van der Waals surface area contributed by atoms with Crippen LogP contribution in [-0.4, -0.2) is 19.0 Å². The molecule has 1 unspecified atom stereocenters. The van der Waals surface area contributed by atoms with Crippen LogP contribution >= 0.6 is 11.6 Å². The highest BCUT2D eigenvalue weighted by Crippen LogP contribution is 2.35. The van der Waals surface area contributed by atoms with Crippen LogP contribution in [-0.2, 0) is 11.0 Å². The van der Waals surface area contributed by atoms with E-state index in [9.17, 15) is 18.0 Å². The monoisotopic (exact) mass is 320 g/mol. The Hall–Kier alpha value is -1.27. The second-order valence-corrected chi connectivity index (χ2v) is 5.68. The molecule has 1 saturated heterocycles. The van der Waals surface area contributed by atoms with Crippen LogP contribution in [0.25, 0.3) is 0 Å². The van der Waals surface area contributed by atoms with E-state index >= 15 is 0 Å². The first-order valence-corrected chi connectivity index (χ1v) is 7.04. The molecule has 0 spiro atoms. The van der Waals surface area contributed by atoms with Crippen molar-refractivity contribution in [3.63, 3.8) is 0 Å². The molecule has 3 nitrogen and oxygen atoms in total. The van der Waals surface area contributed by atoms with E-state index in [0.717, 1.165) is 18.7 Å². The van der Waals surface area contributed by atoms with Gasteiger partial charge in [-0.15, -0.1) is 0 Å². The number of nitrogens with one attached hydrogen (secondary N) is 2. The molecular formula is C14H16ClF3N2O. The summed E-state index contributed by atoms with van der Waals surface area (Å²) in [6.45, 7) is 3.15. The van der Waals surface area contributed by atoms with E-state index in [1.54, 1.807) is 0 Å². The fourth-order valence-corrected chi connectivity index (χ4v) is 2.72. The molecule has 0 radical (unpaired) electrons. The van der Waals surface area contributed by atoms with Crippen molar-refractivity contribution < 1.29 is 18.0 Å². The lowest BCUT2D eigenvalue weighted by Gasteiger charge is -2.25. The van der Waals surface area contributed by atoms with Crippen LogP contribution in [0, 0.1) is 5.41 Å². The van der Waals surface area contributed by atoms with E-state index in [0.29, 0.717) is 19.4 Å². The van der Waals surface area contributed by atoms with Gasteiger partial charge in [-0.2, -0.15) is 13.2 Å². The highest BCUT2D eigenvalue weighted by molar-refractivity contribution is 6.31. The largest absolute Gasteiger partial charge is 0.416 e. The van der Waals surface area contributed by atoms with Crippen LogP contribution in [0.15, 0.2) is 18.2 Å². The van der Waals surface area contributed by atoms with E-state index in [1.807, 2.05) is 6.92 Å². The SMILES string of the molecule is CCC1(C(=O)Nc2cc(Cl)cc(C(F)(F)F)c2)CCNC1. The Kier molecular flexibility index (Phi) is 4.49. The molecule has 0 saturated carbocycles. The molecule has 1 amide bonds. The number of hydrogen-bond acceptors (Lipinski definition) is 2. The van der Waals surface area contributed by atoms with Crippen molar-refractivity contribution in [2.45, 2.75) is 25.9 Å². The lowest BCUT2D eigenvalue weighted by molar-refractivity contribution is -0.137. The average Bonchev–Trinajstić information content (AvgIpc) is 2.87. The molecule has 1 aliphatic heterocycles. The minimum atomic E-state index is -4.50. The number of rotatable bonds is 3. The highest BCUT2D eigenvalue weighted by atomic mass is 35.5. The number of halogens is 4. The van der Waals surface area contributed by atoms with Crippen LogP contribution in [0.2, 0.25) is 5.02 Å². The fraction of sp³-hybridized carbons (Fsp3) is 0.500. The predicted molar refractivity (Wildman–Crippen MR) is 75.3 cm³/mol. The summed E-state index contributed by atoms with van der Waals surface area (Å²) in [5.74, 6) is -0.273. The van der Waals surface area contributed by atoms with E-state index in [-0.39, 0.29) is 16.6 Å². The fourth-order valence-electron chi connectivity index (χ4n) is 2.49. The van der Waals surface area contributed by atoms with Crippen LogP contribution in [0.1, 0.15) is 25.3 Å². The third-order valence-corrected chi connectivity index (χ3v) is 4.10. The van der Waals surface area contributed by atoms with Gasteiger partial charge in [0, 0.05) is 17.3 Å². The van der Waals surface area contributed by atoms with Gasteiger partial charge in [-0.1, -0.05) is 18.5 Å². The Balaban J connectivity index is 2.23. The zero-order valence-electron chi connectivity index (χ0n) is 11.5. The van der Waals surface area contributed by atoms with Gasteiger partial charge in [-0.25, -0.2) is 0 Å². The van der Waals surface area contributed by atoms with Gasteiger partial charge in [-0.3, -0.25) is 4.79 Å². The summed E-state index contributed by atoms with van der Waals surface area (Å²) in [5, 5.41) is 5.62. The Labute approximate surface area is 125 Å². The zero-order chi connectivity index (χ0) is 15.7. The number of anilines is 1. The Morgan fingerprint density at radius 2 is 2.14 bits per heavy atom. The number of amides is 1. The highest BCUT2D eigenvalue weighted by Gasteiger charge is 2.39. The molecule has 1 aromatic carbocycles. The maximum Gasteiger partial charge on any atom is 0.416 e. The van der Waals surface area contributed by atoms with Gasteiger partial charge in [0.15, 0.2) is 0 Å². The molecule has 21 heavy (non-hydrogen) atoms. The molecule has 0 bridgehead atoms. The van der Waals surface area contributed by atoms with Gasteiger partial charge in [0.1, 0.15) is 0 Å². The topological polar surface area (TPSA) is 41.1 Å². The van der Waals surface area contributed by atoms with Crippen LogP contribution in [0.4, 0.5) is 18.9 Å². The van der Waals surface area contributed by atoms with Crippen molar-refractivity contribution in [2.75, 3.05) is 18.4 Å². The maximum atomic E-state index is 12.7. The van der Waals surface area contributed by atoms with Gasteiger partial charge in [0.25, 0.3) is 0 Å². The summed E-state index contributed by atoms with van der Waals surface area (Å²) in [6.07, 6.45) is -3.21. The first-order valence-electron chi connectivity index (χ1n) is 6.67. The van der Waals surface area contributed by atoms with Crippen molar-refractivity contribution in [3.05, 3.63) is 28.8 Å². The third kappa shape index (κ3) is 3.49. The molecule has 1 atom stereocenters. The minimum Gasteiger partial charge on any atom is -0.326 e. The number of carbonyl (C=O) groups excluding carboxylic acids is 1. The van der Waals surface area contributed by atoms with Gasteiger partial charge in [0.05, 0.1) is 11.0 Å². The number of hydrogen-bond donors (Lipinski definition) is 2. The lowest BCUT2D eigenvalue weighted by Crippen LogP contribution is -2.37. The van der Waals surface area contributed by atoms with Crippen LogP contribution in [0.5, 0.6) is 0 Å². The predicted octanol–water partition coefficient (Wildman–Crippen LogP) is 3.69. The quantitative estimate of drug-likeness (QED) is 0.892. The second-order valence-electron chi connectivity index (χ2n) is 5.24. The van der Waals surface area contributed by atoms with E-state index in [4.69, 9.17) is 11.6 Å². The summed E-state index contributed by atoms with van der Waals surface area (Å²) in [4.78, 5) is 12.4. The molecule has 116 valence electrons. The standard InChI is InChI=1S/C14H16ClF3N2O/c1-2-13(3-4-19-8-13)12(21)20-11-6-9(14(16,17)18)5-10(15)7-11/h5-7,19H,2-4,8H2,1H3,(H,20,21). The Morgan fingerprint density at radius 1 is 1.43 bits per heavy atom. The molecule has 0 aromatic heterocycles. The molecule has 1 heterocycles. The van der Waals surface area contributed by atoms with Crippen LogP contribution in [0.3, 0.4) is 0 Å². The van der Waals surface area contributed by atoms with E-state index in [1.165, 1.54) is 6.07 Å². The Bertz CT molecular complexity index is 540. The molecule has 2 rings (SSSR count). The molecule has 1 aliphatic rings. The van der Waals surface area contributed by atoms with Gasteiger partial charge in [-0.05, 0) is 37.6 Å². The Morgan fingerprint density at radius 3 is 2.67 bits per heavy atom. The van der Waals surface area contributed by atoms with Gasteiger partial charge >= 0.3 is 6.18 Å². The van der Waals surface area contributed by atoms with E-state index in [2.05, 4.69) is 10.6 Å². The lowest BCUT2D eigenvalue weighted by atomic mass is 9.83.